The van der Waals surface area contributed by atoms with Gasteiger partial charge in [0.05, 0.1) is 16.3 Å². The van der Waals surface area contributed by atoms with Gasteiger partial charge in [0.1, 0.15) is 12.3 Å². The van der Waals surface area contributed by atoms with Gasteiger partial charge in [-0.05, 0) is 40.2 Å². The Kier molecular flexibility index (Phi) is 8.31. The average molecular weight is 635 g/mol. The molecule has 2 aromatic heterocycles. The zero-order valence-corrected chi connectivity index (χ0v) is 22.3. The lowest BCUT2D eigenvalue weighted by atomic mass is 10.1. The molecule has 14 heteroatoms. The summed E-state index contributed by atoms with van der Waals surface area (Å²) >= 11 is 18.9. The second kappa shape index (κ2) is 10.8. The second-order valence-corrected chi connectivity index (χ2v) is 9.31. The number of hydrogen-bond acceptors (Lipinski definition) is 6. The van der Waals surface area contributed by atoms with Crippen molar-refractivity contribution in [2.45, 2.75) is 0 Å². The molecule has 3 aromatic rings. The molecule has 0 atom stereocenters. The van der Waals surface area contributed by atoms with Gasteiger partial charge in [0, 0.05) is 35.3 Å². The fourth-order valence-corrected chi connectivity index (χ4v) is 4.54. The molecule has 2 heterocycles. The number of benzene rings is 1. The van der Waals surface area contributed by atoms with Crippen LogP contribution in [0.15, 0.2) is 45.5 Å². The van der Waals surface area contributed by atoms with Gasteiger partial charge in [0.15, 0.2) is 11.0 Å². The van der Waals surface area contributed by atoms with Crippen LogP contribution in [0, 0.1) is 0 Å². The van der Waals surface area contributed by atoms with Crippen LogP contribution in [0.4, 0.5) is 5.69 Å². The van der Waals surface area contributed by atoms with Gasteiger partial charge in [-0.25, -0.2) is 9.67 Å². The number of pyridine rings is 1. The van der Waals surface area contributed by atoms with E-state index in [-0.39, 0.29) is 32.9 Å². The Labute approximate surface area is 220 Å². The van der Waals surface area contributed by atoms with E-state index in [1.54, 1.807) is 18.2 Å². The summed E-state index contributed by atoms with van der Waals surface area (Å²) in [7, 11) is 2.69. The van der Waals surface area contributed by atoms with E-state index < -0.39 is 24.3 Å². The zero-order valence-electron chi connectivity index (χ0n) is 17.6. The van der Waals surface area contributed by atoms with Crippen molar-refractivity contribution in [1.29, 1.82) is 0 Å². The van der Waals surface area contributed by atoms with E-state index >= 15 is 0 Å². The molecule has 1 aromatic carbocycles. The van der Waals surface area contributed by atoms with Crippen molar-refractivity contribution >= 4 is 78.5 Å². The molecule has 0 aliphatic heterocycles. The molecule has 34 heavy (non-hydrogen) atoms. The maximum atomic E-state index is 13.2. The number of aliphatic hydroxyl groups is 1. The molecular weight excluding hydrogens is 619 g/mol. The Hall–Kier alpha value is -2.51. The second-order valence-electron chi connectivity index (χ2n) is 6.74. The number of likely N-dealkylation sites (N-methyl/N-ethyl adjacent to an activating group) is 1. The van der Waals surface area contributed by atoms with Gasteiger partial charge in [-0.15, -0.1) is 0 Å². The quantitative estimate of drug-likeness (QED) is 0.412. The third kappa shape index (κ3) is 5.41. The van der Waals surface area contributed by atoms with Gasteiger partial charge in [0.2, 0.25) is 0 Å². The minimum absolute atomic E-state index is 0.0137. The summed E-state index contributed by atoms with van der Waals surface area (Å²) < 4.78 is 2.11. The van der Waals surface area contributed by atoms with E-state index in [0.717, 1.165) is 10.0 Å². The van der Waals surface area contributed by atoms with E-state index in [0.29, 0.717) is 8.95 Å². The maximum absolute atomic E-state index is 13.2. The molecule has 178 valence electrons. The predicted octanol–water partition coefficient (Wildman–Crippen LogP) is 3.79. The number of anilines is 1. The molecule has 0 radical (unpaired) electrons. The van der Waals surface area contributed by atoms with E-state index in [4.69, 9.17) is 28.3 Å². The fourth-order valence-electron chi connectivity index (χ4n) is 2.84. The van der Waals surface area contributed by atoms with Crippen molar-refractivity contribution in [3.8, 4) is 5.82 Å². The van der Waals surface area contributed by atoms with Crippen LogP contribution in [-0.4, -0.2) is 68.3 Å². The largest absolute Gasteiger partial charge is 0.386 e. The van der Waals surface area contributed by atoms with Crippen molar-refractivity contribution in [3.63, 3.8) is 0 Å². The molecule has 0 bridgehead atoms. The highest BCUT2D eigenvalue weighted by molar-refractivity contribution is 9.11. The molecule has 0 spiro atoms. The first-order chi connectivity index (χ1) is 16.0. The SMILES string of the molecule is CN(C(=O)CO)N(C)C(=O)c1cc(Br)cc(Br)c1NC(=O)c1cc(Cl)nn1-c1ncccc1Cl. The van der Waals surface area contributed by atoms with Crippen molar-refractivity contribution in [2.75, 3.05) is 26.0 Å². The number of carbonyl (C=O) groups excluding carboxylic acids is 3. The number of rotatable bonds is 5. The first-order valence-corrected chi connectivity index (χ1v) is 11.7. The fraction of sp³-hybridized carbons (Fsp3) is 0.150. The molecule has 10 nitrogen and oxygen atoms in total. The Morgan fingerprint density at radius 2 is 1.85 bits per heavy atom. The van der Waals surface area contributed by atoms with Crippen LogP contribution < -0.4 is 5.32 Å². The van der Waals surface area contributed by atoms with Gasteiger partial charge in [-0.1, -0.05) is 39.1 Å². The summed E-state index contributed by atoms with van der Waals surface area (Å²) in [6, 6.07) is 7.66. The molecule has 2 N–H and O–H groups in total. The van der Waals surface area contributed by atoms with Gasteiger partial charge in [-0.2, -0.15) is 5.10 Å². The van der Waals surface area contributed by atoms with E-state index in [1.165, 1.54) is 37.1 Å². The van der Waals surface area contributed by atoms with E-state index in [2.05, 4.69) is 47.3 Å². The van der Waals surface area contributed by atoms with Crippen LogP contribution in [0.25, 0.3) is 5.82 Å². The van der Waals surface area contributed by atoms with E-state index in [9.17, 15) is 14.4 Å². The summed E-state index contributed by atoms with van der Waals surface area (Å²) in [5.74, 6) is -1.78. The van der Waals surface area contributed by atoms with Crippen LogP contribution in [0.1, 0.15) is 20.8 Å². The lowest BCUT2D eigenvalue weighted by Crippen LogP contribution is -2.46. The van der Waals surface area contributed by atoms with Gasteiger partial charge >= 0.3 is 0 Å². The highest BCUT2D eigenvalue weighted by Crippen LogP contribution is 2.32. The van der Waals surface area contributed by atoms with Crippen LogP contribution >= 0.6 is 55.1 Å². The van der Waals surface area contributed by atoms with Crippen molar-refractivity contribution in [2.24, 2.45) is 0 Å². The smallest absolute Gasteiger partial charge is 0.274 e. The summed E-state index contributed by atoms with van der Waals surface area (Å²) in [6.07, 6.45) is 1.49. The van der Waals surface area contributed by atoms with Crippen molar-refractivity contribution in [1.82, 2.24) is 24.8 Å². The highest BCUT2D eigenvalue weighted by Gasteiger charge is 2.26. The number of nitrogens with zero attached hydrogens (tertiary/aromatic N) is 5. The molecule has 0 saturated heterocycles. The lowest BCUT2D eigenvalue weighted by molar-refractivity contribution is -0.143. The van der Waals surface area contributed by atoms with Gasteiger partial charge in [-0.3, -0.25) is 24.4 Å². The first-order valence-electron chi connectivity index (χ1n) is 9.37. The average Bonchev–Trinajstić information content (AvgIpc) is 3.20. The summed E-state index contributed by atoms with van der Waals surface area (Å²) in [4.78, 5) is 42.4. The number of hydrogen-bond donors (Lipinski definition) is 2. The molecule has 0 aliphatic rings. The minimum atomic E-state index is -0.777. The monoisotopic (exact) mass is 632 g/mol. The summed E-state index contributed by atoms with van der Waals surface area (Å²) in [5.41, 5.74) is 0.202. The standard InChI is InChI=1S/C20H16Br2Cl2N6O4/c1-28(16(32)9-31)29(2)20(34)11-6-10(21)7-12(22)17(11)26-19(33)14-8-15(24)27-30(14)18-13(23)4-3-5-25-18/h3-8,31H,9H2,1-2H3,(H,26,33). The zero-order chi connectivity index (χ0) is 25.2. The number of amides is 3. The Bertz CT molecular complexity index is 1290. The Morgan fingerprint density at radius 3 is 2.50 bits per heavy atom. The highest BCUT2D eigenvalue weighted by atomic mass is 79.9. The third-order valence-corrected chi connectivity index (χ3v) is 6.18. The number of halogens is 4. The van der Waals surface area contributed by atoms with Crippen LogP contribution in [-0.2, 0) is 4.79 Å². The number of aliphatic hydroxyl groups excluding tert-OH is 1. The van der Waals surface area contributed by atoms with Crippen molar-refractivity contribution < 1.29 is 19.5 Å². The molecular formula is C20H16Br2Cl2N6O4. The molecule has 0 unspecified atom stereocenters. The summed E-state index contributed by atoms with van der Waals surface area (Å²) in [6.45, 7) is -0.777. The van der Waals surface area contributed by atoms with Crippen molar-refractivity contribution in [3.05, 3.63) is 66.9 Å². The van der Waals surface area contributed by atoms with Gasteiger partial charge in [0.25, 0.3) is 17.7 Å². The molecule has 0 fully saturated rings. The maximum Gasteiger partial charge on any atom is 0.274 e. The normalized spacial score (nSPS) is 10.7. The molecule has 0 saturated carbocycles. The van der Waals surface area contributed by atoms with E-state index in [1.807, 2.05) is 0 Å². The predicted molar refractivity (Wildman–Crippen MR) is 133 cm³/mol. The number of nitrogens with one attached hydrogen (secondary N) is 1. The number of aromatic nitrogens is 3. The Morgan fingerprint density at radius 1 is 1.15 bits per heavy atom. The number of hydrazine groups is 1. The van der Waals surface area contributed by atoms with Crippen LogP contribution in [0.5, 0.6) is 0 Å². The van der Waals surface area contributed by atoms with Crippen LogP contribution in [0.3, 0.4) is 0 Å². The topological polar surface area (TPSA) is 121 Å². The summed E-state index contributed by atoms with van der Waals surface area (Å²) in [5, 5.41) is 18.1. The van der Waals surface area contributed by atoms with Crippen LogP contribution in [0.2, 0.25) is 10.2 Å². The molecule has 3 rings (SSSR count). The molecule has 0 aliphatic carbocycles. The third-order valence-electron chi connectivity index (χ3n) is 4.62. The lowest BCUT2D eigenvalue weighted by Gasteiger charge is -2.28. The first kappa shape index (κ1) is 26.1. The minimum Gasteiger partial charge on any atom is -0.386 e. The van der Waals surface area contributed by atoms with Gasteiger partial charge < -0.3 is 10.4 Å². The molecule has 3 amide bonds. The Balaban J connectivity index is 2.02. The number of carbonyl (C=O) groups is 3.